The number of alkyl halides is 2. The molecular weight excluding hydrogens is 374 g/mol. The molecule has 0 saturated heterocycles. The largest absolute Gasteiger partial charge is 0.486 e. The summed E-state index contributed by atoms with van der Waals surface area (Å²) < 4.78 is 40.7. The van der Waals surface area contributed by atoms with Crippen molar-refractivity contribution in [1.82, 2.24) is 20.2 Å². The number of nitrogens with zero attached hydrogens (tertiary/aromatic N) is 4. The third-order valence-electron chi connectivity index (χ3n) is 3.57. The maximum atomic E-state index is 12.2. The van der Waals surface area contributed by atoms with Crippen LogP contribution in [0.15, 0.2) is 48.5 Å². The lowest BCUT2D eigenvalue weighted by molar-refractivity contribution is -0.0498. The van der Waals surface area contributed by atoms with Crippen molar-refractivity contribution < 1.29 is 27.8 Å². The second-order valence-electron chi connectivity index (χ2n) is 5.41. The SMILES string of the molecule is CCOC(=O)c1ccc(OCc2nnnn2-c2ccc(OC(F)F)cc2)cc1. The second kappa shape index (κ2) is 8.89. The number of aromatic nitrogens is 4. The van der Waals surface area contributed by atoms with Gasteiger partial charge in [0.05, 0.1) is 17.9 Å². The number of carbonyl (C=O) groups excluding carboxylic acids is 1. The molecule has 8 nitrogen and oxygen atoms in total. The van der Waals surface area contributed by atoms with Gasteiger partial charge in [-0.15, -0.1) is 5.10 Å². The van der Waals surface area contributed by atoms with Crippen LogP contribution in [0.25, 0.3) is 5.69 Å². The number of hydrogen-bond acceptors (Lipinski definition) is 7. The van der Waals surface area contributed by atoms with Crippen LogP contribution in [-0.2, 0) is 11.3 Å². The van der Waals surface area contributed by atoms with Gasteiger partial charge >= 0.3 is 12.6 Å². The molecule has 0 fully saturated rings. The molecule has 0 amide bonds. The first kappa shape index (κ1) is 19.2. The predicted molar refractivity (Wildman–Crippen MR) is 92.5 cm³/mol. The fraction of sp³-hybridized carbons (Fsp3) is 0.222. The van der Waals surface area contributed by atoms with E-state index in [2.05, 4.69) is 20.3 Å². The van der Waals surface area contributed by atoms with Gasteiger partial charge in [0.25, 0.3) is 0 Å². The Morgan fingerprint density at radius 2 is 1.75 bits per heavy atom. The molecule has 0 aliphatic heterocycles. The zero-order valence-corrected chi connectivity index (χ0v) is 14.8. The molecule has 1 aromatic heterocycles. The summed E-state index contributed by atoms with van der Waals surface area (Å²) in [6.45, 7) is -0.798. The Morgan fingerprint density at radius 1 is 1.07 bits per heavy atom. The maximum absolute atomic E-state index is 12.2. The number of ether oxygens (including phenoxy) is 3. The molecule has 146 valence electrons. The first-order chi connectivity index (χ1) is 13.6. The molecule has 0 N–H and O–H groups in total. The van der Waals surface area contributed by atoms with Crippen molar-refractivity contribution in [3.63, 3.8) is 0 Å². The average Bonchev–Trinajstić information content (AvgIpc) is 3.16. The van der Waals surface area contributed by atoms with Crippen molar-refractivity contribution in [2.75, 3.05) is 6.61 Å². The van der Waals surface area contributed by atoms with E-state index in [1.165, 1.54) is 16.8 Å². The summed E-state index contributed by atoms with van der Waals surface area (Å²) >= 11 is 0. The summed E-state index contributed by atoms with van der Waals surface area (Å²) in [7, 11) is 0. The van der Waals surface area contributed by atoms with Crippen LogP contribution in [0.3, 0.4) is 0 Å². The van der Waals surface area contributed by atoms with Crippen LogP contribution in [-0.4, -0.2) is 39.4 Å². The lowest BCUT2D eigenvalue weighted by Gasteiger charge is -2.09. The highest BCUT2D eigenvalue weighted by molar-refractivity contribution is 5.89. The minimum absolute atomic E-state index is 0.0336. The lowest BCUT2D eigenvalue weighted by Crippen LogP contribution is -2.08. The third kappa shape index (κ3) is 4.78. The molecular formula is C18H16F2N4O4. The van der Waals surface area contributed by atoms with E-state index in [4.69, 9.17) is 9.47 Å². The van der Waals surface area contributed by atoms with E-state index in [0.717, 1.165) is 0 Å². The first-order valence-corrected chi connectivity index (χ1v) is 8.29. The molecule has 0 unspecified atom stereocenters. The van der Waals surface area contributed by atoms with Gasteiger partial charge in [0, 0.05) is 0 Å². The van der Waals surface area contributed by atoms with E-state index in [9.17, 15) is 13.6 Å². The number of halogens is 2. The van der Waals surface area contributed by atoms with Crippen molar-refractivity contribution >= 4 is 5.97 Å². The van der Waals surface area contributed by atoms with E-state index in [0.29, 0.717) is 29.4 Å². The van der Waals surface area contributed by atoms with Crippen LogP contribution >= 0.6 is 0 Å². The average molecular weight is 390 g/mol. The normalized spacial score (nSPS) is 10.7. The summed E-state index contributed by atoms with van der Waals surface area (Å²) in [6.07, 6.45) is 0. The fourth-order valence-electron chi connectivity index (χ4n) is 2.31. The van der Waals surface area contributed by atoms with E-state index >= 15 is 0 Å². The molecule has 10 heteroatoms. The van der Waals surface area contributed by atoms with Gasteiger partial charge in [-0.1, -0.05) is 0 Å². The second-order valence-corrected chi connectivity index (χ2v) is 5.41. The molecule has 0 spiro atoms. The number of rotatable bonds is 8. The quantitative estimate of drug-likeness (QED) is 0.546. The van der Waals surface area contributed by atoms with Crippen LogP contribution < -0.4 is 9.47 Å². The third-order valence-corrected chi connectivity index (χ3v) is 3.57. The van der Waals surface area contributed by atoms with Crippen LogP contribution in [0.2, 0.25) is 0 Å². The number of tetrazole rings is 1. The summed E-state index contributed by atoms with van der Waals surface area (Å²) in [5, 5.41) is 11.4. The Kier molecular flexibility index (Phi) is 6.10. The van der Waals surface area contributed by atoms with Crippen molar-refractivity contribution in [3.8, 4) is 17.2 Å². The van der Waals surface area contributed by atoms with Crippen molar-refractivity contribution in [1.29, 1.82) is 0 Å². The topological polar surface area (TPSA) is 88.4 Å². The minimum atomic E-state index is -2.89. The van der Waals surface area contributed by atoms with Crippen molar-refractivity contribution in [3.05, 3.63) is 59.9 Å². The van der Waals surface area contributed by atoms with Gasteiger partial charge < -0.3 is 14.2 Å². The molecule has 0 aliphatic rings. The number of esters is 1. The van der Waals surface area contributed by atoms with Crippen molar-refractivity contribution in [2.45, 2.75) is 20.1 Å². The smallest absolute Gasteiger partial charge is 0.387 e. The van der Waals surface area contributed by atoms with E-state index in [-0.39, 0.29) is 12.4 Å². The first-order valence-electron chi connectivity index (χ1n) is 8.29. The minimum Gasteiger partial charge on any atom is -0.486 e. The highest BCUT2D eigenvalue weighted by atomic mass is 19.3. The Labute approximate surface area is 158 Å². The molecule has 1 heterocycles. The summed E-state index contributed by atoms with van der Waals surface area (Å²) in [6, 6.07) is 12.3. The van der Waals surface area contributed by atoms with Gasteiger partial charge in [-0.05, 0) is 65.9 Å². The molecule has 0 bridgehead atoms. The Balaban J connectivity index is 1.65. The van der Waals surface area contributed by atoms with Crippen LogP contribution in [0.4, 0.5) is 8.78 Å². The van der Waals surface area contributed by atoms with E-state index in [1.54, 1.807) is 43.3 Å². The molecule has 3 aromatic rings. The molecule has 0 aliphatic carbocycles. The van der Waals surface area contributed by atoms with E-state index in [1.807, 2.05) is 0 Å². The molecule has 0 atom stereocenters. The maximum Gasteiger partial charge on any atom is 0.387 e. The monoisotopic (exact) mass is 390 g/mol. The van der Waals surface area contributed by atoms with Gasteiger partial charge in [-0.2, -0.15) is 13.5 Å². The Bertz CT molecular complexity index is 914. The number of benzene rings is 2. The highest BCUT2D eigenvalue weighted by Crippen LogP contribution is 2.18. The zero-order valence-electron chi connectivity index (χ0n) is 14.8. The summed E-state index contributed by atoms with van der Waals surface area (Å²) in [4.78, 5) is 11.6. The Morgan fingerprint density at radius 3 is 2.39 bits per heavy atom. The fourth-order valence-corrected chi connectivity index (χ4v) is 2.31. The summed E-state index contributed by atoms with van der Waals surface area (Å²) in [5.74, 6) is 0.545. The lowest BCUT2D eigenvalue weighted by atomic mass is 10.2. The molecule has 2 aromatic carbocycles. The molecule has 0 radical (unpaired) electrons. The van der Waals surface area contributed by atoms with Crippen LogP contribution in [0, 0.1) is 0 Å². The van der Waals surface area contributed by atoms with Gasteiger partial charge in [-0.25, -0.2) is 4.79 Å². The Hall–Kier alpha value is -3.56. The number of hydrogen-bond donors (Lipinski definition) is 0. The van der Waals surface area contributed by atoms with Crippen LogP contribution in [0.1, 0.15) is 23.1 Å². The van der Waals surface area contributed by atoms with Crippen molar-refractivity contribution in [2.24, 2.45) is 0 Å². The molecule has 3 rings (SSSR count). The van der Waals surface area contributed by atoms with Gasteiger partial charge in [-0.3, -0.25) is 0 Å². The van der Waals surface area contributed by atoms with E-state index < -0.39 is 12.6 Å². The molecule has 0 saturated carbocycles. The summed E-state index contributed by atoms with van der Waals surface area (Å²) in [5.41, 5.74) is 0.980. The highest BCUT2D eigenvalue weighted by Gasteiger charge is 2.11. The van der Waals surface area contributed by atoms with Gasteiger partial charge in [0.2, 0.25) is 0 Å². The van der Waals surface area contributed by atoms with Crippen LogP contribution in [0.5, 0.6) is 11.5 Å². The zero-order chi connectivity index (χ0) is 19.9. The predicted octanol–water partition coefficient (Wildman–Crippen LogP) is 3.02. The standard InChI is InChI=1S/C18H16F2N4O4/c1-2-26-17(25)12-3-7-14(8-4-12)27-11-16-21-22-23-24(16)13-5-9-15(10-6-13)28-18(19)20/h3-10,18H,2,11H2,1H3. The molecule has 28 heavy (non-hydrogen) atoms. The van der Waals surface area contributed by atoms with Gasteiger partial charge in [0.1, 0.15) is 18.1 Å². The van der Waals surface area contributed by atoms with Gasteiger partial charge in [0.15, 0.2) is 5.82 Å². The number of carbonyl (C=O) groups is 1.